The van der Waals surface area contributed by atoms with Crippen molar-refractivity contribution in [1.29, 1.82) is 5.41 Å². The van der Waals surface area contributed by atoms with E-state index >= 15 is 0 Å². The summed E-state index contributed by atoms with van der Waals surface area (Å²) in [5.41, 5.74) is 8.75. The predicted molar refractivity (Wildman–Crippen MR) is 127 cm³/mol. The van der Waals surface area contributed by atoms with Crippen LogP contribution >= 0.6 is 0 Å². The van der Waals surface area contributed by atoms with Crippen molar-refractivity contribution in [2.75, 3.05) is 43.6 Å². The minimum Gasteiger partial charge on any atom is -0.373 e. The summed E-state index contributed by atoms with van der Waals surface area (Å²) in [6, 6.07) is 7.91. The van der Waals surface area contributed by atoms with Crippen molar-refractivity contribution in [2.24, 2.45) is 16.6 Å². The fourth-order valence-electron chi connectivity index (χ4n) is 2.62. The number of nitrogens with zero attached hydrogens (tertiary/aromatic N) is 4. The first-order valence-electron chi connectivity index (χ1n) is 10.0. The number of carbonyl (C=O) groups is 1. The molecule has 5 N–H and O–H groups in total. The van der Waals surface area contributed by atoms with Crippen molar-refractivity contribution in [3.05, 3.63) is 47.4 Å². The molecule has 1 rings (SSSR count). The SMILES string of the molecule is CCC/C=N/C(=C(\C=N)C=O)N(C)CCN(C)c1cccc(N(N)/C=C(\C)CN)c1. The Kier molecular flexibility index (Phi) is 11.1. The third kappa shape index (κ3) is 7.81. The molecule has 0 unspecified atom stereocenters. The van der Waals surface area contributed by atoms with Crippen LogP contribution < -0.4 is 21.5 Å². The van der Waals surface area contributed by atoms with E-state index in [9.17, 15) is 4.79 Å². The molecule has 0 radical (unpaired) electrons. The second-order valence-electron chi connectivity index (χ2n) is 7.09. The van der Waals surface area contributed by atoms with Crippen LogP contribution in [0.15, 0.2) is 52.4 Å². The largest absolute Gasteiger partial charge is 0.373 e. The van der Waals surface area contributed by atoms with Gasteiger partial charge in [-0.2, -0.15) is 0 Å². The van der Waals surface area contributed by atoms with Crippen LogP contribution in [-0.4, -0.2) is 57.3 Å². The van der Waals surface area contributed by atoms with E-state index in [4.69, 9.17) is 17.0 Å². The van der Waals surface area contributed by atoms with Gasteiger partial charge in [0.1, 0.15) is 5.82 Å². The van der Waals surface area contributed by atoms with Gasteiger partial charge in [-0.3, -0.25) is 9.80 Å². The first-order valence-corrected chi connectivity index (χ1v) is 10.0. The molecule has 8 heteroatoms. The normalized spacial score (nSPS) is 12.5. The number of anilines is 2. The summed E-state index contributed by atoms with van der Waals surface area (Å²) in [7, 11) is 3.87. The number of nitrogens with two attached hydrogens (primary N) is 2. The molecule has 1 aromatic carbocycles. The summed E-state index contributed by atoms with van der Waals surface area (Å²) < 4.78 is 0. The minimum atomic E-state index is 0.260. The van der Waals surface area contributed by atoms with Gasteiger partial charge in [0.05, 0.1) is 11.3 Å². The Bertz CT molecular complexity index is 775. The van der Waals surface area contributed by atoms with E-state index in [2.05, 4.69) is 16.8 Å². The summed E-state index contributed by atoms with van der Waals surface area (Å²) in [6.07, 6.45) is 7.11. The number of hydrogen-bond acceptors (Lipinski definition) is 8. The van der Waals surface area contributed by atoms with Crippen molar-refractivity contribution in [2.45, 2.75) is 26.7 Å². The molecule has 0 amide bonds. The quantitative estimate of drug-likeness (QED) is 0.150. The van der Waals surface area contributed by atoms with Gasteiger partial charge < -0.3 is 20.9 Å². The highest BCUT2D eigenvalue weighted by Crippen LogP contribution is 2.21. The van der Waals surface area contributed by atoms with Crippen molar-refractivity contribution in [3.8, 4) is 0 Å². The van der Waals surface area contributed by atoms with Crippen molar-refractivity contribution < 1.29 is 4.79 Å². The van der Waals surface area contributed by atoms with Gasteiger partial charge in [0, 0.05) is 58.0 Å². The third-order valence-electron chi connectivity index (χ3n) is 4.55. The lowest BCUT2D eigenvalue weighted by molar-refractivity contribution is -0.104. The zero-order valence-corrected chi connectivity index (χ0v) is 18.5. The molecular weight excluding hydrogens is 378 g/mol. The van der Waals surface area contributed by atoms with Crippen LogP contribution in [0.25, 0.3) is 0 Å². The zero-order valence-electron chi connectivity index (χ0n) is 18.5. The monoisotopic (exact) mass is 413 g/mol. The molecule has 8 nitrogen and oxygen atoms in total. The van der Waals surface area contributed by atoms with Crippen LogP contribution in [0.1, 0.15) is 26.7 Å². The predicted octanol–water partition coefficient (Wildman–Crippen LogP) is 2.53. The van der Waals surface area contributed by atoms with E-state index in [-0.39, 0.29) is 5.57 Å². The standard InChI is InChI=1S/C22H35N7O/c1-5-6-10-26-22(19(15-24)17-30)28(4)12-11-27(3)20-8-7-9-21(13-20)29(25)16-18(2)14-23/h7-10,13,15-17,24H,5-6,11-12,14,23,25H2,1-4H3/b18-16+,22-19-,24-15?,26-10+. The smallest absolute Gasteiger partial charge is 0.155 e. The molecular formula is C22H35N7O. The van der Waals surface area contributed by atoms with Crippen LogP contribution in [-0.2, 0) is 4.79 Å². The lowest BCUT2D eigenvalue weighted by atomic mass is 10.2. The average Bonchev–Trinajstić information content (AvgIpc) is 2.76. The maximum atomic E-state index is 11.3. The highest BCUT2D eigenvalue weighted by atomic mass is 16.1. The van der Waals surface area contributed by atoms with Gasteiger partial charge in [0.15, 0.2) is 6.29 Å². The van der Waals surface area contributed by atoms with Crippen molar-refractivity contribution >= 4 is 30.1 Å². The van der Waals surface area contributed by atoms with E-state index in [1.165, 1.54) is 0 Å². The Labute approximate surface area is 180 Å². The van der Waals surface area contributed by atoms with Crippen molar-refractivity contribution in [3.63, 3.8) is 0 Å². The molecule has 0 spiro atoms. The Morgan fingerprint density at radius 1 is 1.23 bits per heavy atom. The van der Waals surface area contributed by atoms with E-state index in [1.54, 1.807) is 11.2 Å². The third-order valence-corrected chi connectivity index (χ3v) is 4.55. The highest BCUT2D eigenvalue weighted by Gasteiger charge is 2.11. The van der Waals surface area contributed by atoms with E-state index in [0.29, 0.717) is 31.7 Å². The van der Waals surface area contributed by atoms with Gasteiger partial charge >= 0.3 is 0 Å². The molecule has 0 aliphatic carbocycles. The summed E-state index contributed by atoms with van der Waals surface area (Å²) >= 11 is 0. The van der Waals surface area contributed by atoms with Gasteiger partial charge in [-0.05, 0) is 37.1 Å². The number of rotatable bonds is 13. The van der Waals surface area contributed by atoms with Crippen LogP contribution in [0.4, 0.5) is 11.4 Å². The molecule has 0 bridgehead atoms. The van der Waals surface area contributed by atoms with E-state index in [1.807, 2.05) is 56.4 Å². The molecule has 0 aliphatic rings. The lowest BCUT2D eigenvalue weighted by Crippen LogP contribution is -2.31. The maximum Gasteiger partial charge on any atom is 0.155 e. The summed E-state index contributed by atoms with van der Waals surface area (Å²) in [5, 5.41) is 9.05. The molecule has 0 heterocycles. The average molecular weight is 414 g/mol. The van der Waals surface area contributed by atoms with Crippen LogP contribution in [0.3, 0.4) is 0 Å². The summed E-state index contributed by atoms with van der Waals surface area (Å²) in [6.45, 7) is 5.77. The van der Waals surface area contributed by atoms with Gasteiger partial charge in [-0.1, -0.05) is 19.4 Å². The minimum absolute atomic E-state index is 0.260. The fraction of sp³-hybridized carbons (Fsp3) is 0.409. The second kappa shape index (κ2) is 13.3. The molecule has 0 atom stereocenters. The Morgan fingerprint density at radius 3 is 2.53 bits per heavy atom. The molecule has 0 aromatic heterocycles. The van der Waals surface area contributed by atoms with Gasteiger partial charge in [-0.25, -0.2) is 10.8 Å². The zero-order chi connectivity index (χ0) is 22.5. The molecule has 30 heavy (non-hydrogen) atoms. The number of nitrogens with one attached hydrogen (secondary N) is 1. The van der Waals surface area contributed by atoms with Gasteiger partial charge in [0.25, 0.3) is 0 Å². The number of hydrazine groups is 1. The van der Waals surface area contributed by atoms with Gasteiger partial charge in [-0.15, -0.1) is 0 Å². The topological polar surface area (TPSA) is 115 Å². The fourth-order valence-corrected chi connectivity index (χ4v) is 2.62. The molecule has 1 aromatic rings. The first kappa shape index (κ1) is 25.1. The molecule has 0 saturated heterocycles. The Hall–Kier alpha value is -2.97. The number of aldehydes is 1. The van der Waals surface area contributed by atoms with Crippen molar-refractivity contribution in [1.82, 2.24) is 4.90 Å². The van der Waals surface area contributed by atoms with Crippen LogP contribution in [0.5, 0.6) is 0 Å². The first-order chi connectivity index (χ1) is 14.4. The number of aliphatic imine (C=N–C) groups is 1. The molecule has 0 saturated carbocycles. The highest BCUT2D eigenvalue weighted by molar-refractivity contribution is 6.01. The summed E-state index contributed by atoms with van der Waals surface area (Å²) in [5.74, 6) is 6.63. The number of allylic oxidation sites excluding steroid dienone is 1. The summed E-state index contributed by atoms with van der Waals surface area (Å²) in [4.78, 5) is 19.7. The second-order valence-corrected chi connectivity index (χ2v) is 7.09. The number of benzene rings is 1. The molecule has 0 fully saturated rings. The van der Waals surface area contributed by atoms with E-state index < -0.39 is 0 Å². The van der Waals surface area contributed by atoms with Gasteiger partial charge in [0.2, 0.25) is 0 Å². The Morgan fingerprint density at radius 2 is 1.93 bits per heavy atom. The number of unbranched alkanes of at least 4 members (excludes halogenated alkanes) is 1. The lowest BCUT2D eigenvalue weighted by Gasteiger charge is -2.26. The molecule has 0 aliphatic heterocycles. The van der Waals surface area contributed by atoms with Crippen LogP contribution in [0.2, 0.25) is 0 Å². The number of carbonyl (C=O) groups excluding carboxylic acids is 1. The number of likely N-dealkylation sites (N-methyl/N-ethyl adjacent to an activating group) is 2. The van der Waals surface area contributed by atoms with Crippen LogP contribution in [0, 0.1) is 5.41 Å². The number of hydrogen-bond donors (Lipinski definition) is 3. The van der Waals surface area contributed by atoms with E-state index in [0.717, 1.165) is 36.0 Å². The maximum absolute atomic E-state index is 11.3. The Balaban J connectivity index is 2.91. The molecule has 164 valence electrons.